The molecule has 3 heteroatoms. The average molecular weight is 269 g/mol. The highest BCUT2D eigenvalue weighted by atomic mass is 16.5. The first kappa shape index (κ1) is 14.3. The van der Waals surface area contributed by atoms with Crippen LogP contribution in [0.3, 0.4) is 0 Å². The molecule has 1 unspecified atom stereocenters. The van der Waals surface area contributed by atoms with E-state index in [1.54, 1.807) is 0 Å². The predicted octanol–water partition coefficient (Wildman–Crippen LogP) is 3.58. The molecular formula is C17H19NO2. The molecule has 0 aliphatic carbocycles. The van der Waals surface area contributed by atoms with Crippen molar-refractivity contribution in [3.05, 3.63) is 47.7 Å². The third kappa shape index (κ3) is 3.08. The molecule has 1 aromatic rings. The van der Waals surface area contributed by atoms with Gasteiger partial charge in [-0.25, -0.2) is 0 Å². The second-order valence-electron chi connectivity index (χ2n) is 5.84. The number of carbonyl (C=O) groups excluding carboxylic acids is 1. The normalized spacial score (nSPS) is 25.1. The molecule has 1 aliphatic rings. The van der Waals surface area contributed by atoms with Gasteiger partial charge in [0.25, 0.3) is 0 Å². The molecule has 0 N–H and O–H groups in total. The second kappa shape index (κ2) is 5.92. The van der Waals surface area contributed by atoms with Crippen molar-refractivity contribution in [3.8, 4) is 6.07 Å². The number of benzene rings is 1. The molecule has 1 heterocycles. The molecule has 0 saturated heterocycles. The third-order valence-electron chi connectivity index (χ3n) is 3.87. The minimum atomic E-state index is -0.526. The summed E-state index contributed by atoms with van der Waals surface area (Å²) in [5, 5.41) is 9.07. The van der Waals surface area contributed by atoms with Gasteiger partial charge in [0, 0.05) is 11.3 Å². The van der Waals surface area contributed by atoms with Crippen LogP contribution in [0.25, 0.3) is 0 Å². The van der Waals surface area contributed by atoms with Gasteiger partial charge in [-0.15, -0.1) is 0 Å². The number of carbonyl (C=O) groups is 1. The Labute approximate surface area is 119 Å². The lowest BCUT2D eigenvalue weighted by Crippen LogP contribution is -2.25. The van der Waals surface area contributed by atoms with Gasteiger partial charge in [-0.2, -0.15) is 5.26 Å². The van der Waals surface area contributed by atoms with Gasteiger partial charge in [-0.05, 0) is 18.4 Å². The fourth-order valence-electron chi connectivity index (χ4n) is 2.46. The summed E-state index contributed by atoms with van der Waals surface area (Å²) >= 11 is 0. The van der Waals surface area contributed by atoms with Gasteiger partial charge in [0.05, 0.1) is 6.61 Å². The van der Waals surface area contributed by atoms with Crippen LogP contribution >= 0.6 is 0 Å². The van der Waals surface area contributed by atoms with Crippen LogP contribution in [-0.4, -0.2) is 12.4 Å². The summed E-state index contributed by atoms with van der Waals surface area (Å²) in [6.07, 6.45) is 2.94. The van der Waals surface area contributed by atoms with Crippen LogP contribution in [-0.2, 0) is 9.53 Å². The summed E-state index contributed by atoms with van der Waals surface area (Å²) in [6.45, 7) is 4.29. The molecule has 0 fully saturated rings. The van der Waals surface area contributed by atoms with Crippen LogP contribution in [0.4, 0.5) is 0 Å². The number of allylic oxidation sites excluding steroid dienone is 1. The van der Waals surface area contributed by atoms with Crippen molar-refractivity contribution in [1.29, 1.82) is 5.26 Å². The maximum absolute atomic E-state index is 12.3. The molecular weight excluding hydrogens is 250 g/mol. The first-order valence-corrected chi connectivity index (χ1v) is 6.86. The quantitative estimate of drug-likeness (QED) is 0.783. The first-order chi connectivity index (χ1) is 9.54. The Morgan fingerprint density at radius 3 is 2.65 bits per heavy atom. The smallest absolute Gasteiger partial charge is 0.182 e. The van der Waals surface area contributed by atoms with Crippen molar-refractivity contribution in [2.24, 2.45) is 5.41 Å². The molecule has 3 nitrogen and oxygen atoms in total. The molecule has 0 saturated carbocycles. The van der Waals surface area contributed by atoms with E-state index in [9.17, 15) is 4.79 Å². The van der Waals surface area contributed by atoms with Crippen LogP contribution in [0.2, 0.25) is 0 Å². The van der Waals surface area contributed by atoms with Gasteiger partial charge in [0.2, 0.25) is 0 Å². The molecule has 0 radical (unpaired) electrons. The van der Waals surface area contributed by atoms with Crippen LogP contribution in [0.5, 0.6) is 0 Å². The Hall–Kier alpha value is -2.08. The molecule has 1 atom stereocenters. The number of nitriles is 1. The summed E-state index contributed by atoms with van der Waals surface area (Å²) in [6, 6.07) is 12.1. The van der Waals surface area contributed by atoms with Crippen molar-refractivity contribution < 1.29 is 9.53 Å². The largest absolute Gasteiger partial charge is 0.499 e. The van der Waals surface area contributed by atoms with Crippen molar-refractivity contribution >= 4 is 5.78 Å². The Morgan fingerprint density at radius 2 is 2.00 bits per heavy atom. The number of Topliss-reactive ketones (excluding diaryl/α,β-unsaturated/α-hetero) is 1. The van der Waals surface area contributed by atoms with E-state index in [0.717, 1.165) is 12.8 Å². The molecule has 104 valence electrons. The zero-order chi connectivity index (χ0) is 14.6. The number of ether oxygens (including phenoxy) is 1. The summed E-state index contributed by atoms with van der Waals surface area (Å²) in [5.41, 5.74) is 0.802. The maximum Gasteiger partial charge on any atom is 0.182 e. The van der Waals surface area contributed by atoms with Gasteiger partial charge < -0.3 is 4.74 Å². The summed E-state index contributed by atoms with van der Waals surface area (Å²) in [4.78, 5) is 12.3. The van der Waals surface area contributed by atoms with Crippen LogP contribution < -0.4 is 0 Å². The van der Waals surface area contributed by atoms with Crippen molar-refractivity contribution in [2.45, 2.75) is 32.6 Å². The van der Waals surface area contributed by atoms with E-state index in [2.05, 4.69) is 12.1 Å². The van der Waals surface area contributed by atoms with Crippen molar-refractivity contribution in [1.82, 2.24) is 0 Å². The SMILES string of the molecule is CC1(C)CCC(c2ccccc2)CO/C=C(/C#N)C1=O. The van der Waals surface area contributed by atoms with Crippen LogP contribution in [0, 0.1) is 16.7 Å². The fraction of sp³-hybridized carbons (Fsp3) is 0.412. The molecule has 1 aromatic carbocycles. The molecule has 0 amide bonds. The minimum absolute atomic E-state index is 0.115. The summed E-state index contributed by atoms with van der Waals surface area (Å²) in [5.74, 6) is 0.117. The predicted molar refractivity (Wildman–Crippen MR) is 76.9 cm³/mol. The van der Waals surface area contributed by atoms with Crippen LogP contribution in [0.1, 0.15) is 38.2 Å². The van der Waals surface area contributed by atoms with Gasteiger partial charge >= 0.3 is 0 Å². The second-order valence-corrected chi connectivity index (χ2v) is 5.84. The number of nitrogens with zero attached hydrogens (tertiary/aromatic N) is 1. The van der Waals surface area contributed by atoms with Gasteiger partial charge in [-0.1, -0.05) is 44.2 Å². The standard InChI is InChI=1S/C17H19NO2/c1-17(2)9-8-14(13-6-4-3-5-7-13)11-20-12-15(10-18)16(17)19/h3-7,12,14H,8-9,11H2,1-2H3/b15-12-. The van der Waals surface area contributed by atoms with Crippen molar-refractivity contribution in [2.75, 3.05) is 6.61 Å². The molecule has 0 bridgehead atoms. The Balaban J connectivity index is 2.26. The van der Waals surface area contributed by atoms with Crippen molar-refractivity contribution in [3.63, 3.8) is 0 Å². The monoisotopic (exact) mass is 269 g/mol. The number of hydrogen-bond donors (Lipinski definition) is 0. The average Bonchev–Trinajstić information content (AvgIpc) is 2.51. The van der Waals surface area contributed by atoms with E-state index in [0.29, 0.717) is 6.61 Å². The minimum Gasteiger partial charge on any atom is -0.499 e. The maximum atomic E-state index is 12.3. The summed E-state index contributed by atoms with van der Waals surface area (Å²) in [7, 11) is 0. The zero-order valence-corrected chi connectivity index (χ0v) is 11.9. The Bertz CT molecular complexity index is 552. The van der Waals surface area contributed by atoms with E-state index in [1.807, 2.05) is 38.1 Å². The van der Waals surface area contributed by atoms with Gasteiger partial charge in [-0.3, -0.25) is 4.79 Å². The zero-order valence-electron chi connectivity index (χ0n) is 11.9. The number of rotatable bonds is 1. The lowest BCUT2D eigenvalue weighted by atomic mass is 9.78. The topological polar surface area (TPSA) is 50.1 Å². The van der Waals surface area contributed by atoms with E-state index in [1.165, 1.54) is 11.8 Å². The molecule has 0 aromatic heterocycles. The lowest BCUT2D eigenvalue weighted by Gasteiger charge is -2.24. The summed E-state index contributed by atoms with van der Waals surface area (Å²) < 4.78 is 5.48. The first-order valence-electron chi connectivity index (χ1n) is 6.86. The molecule has 1 aliphatic heterocycles. The van der Waals surface area contributed by atoms with Gasteiger partial charge in [0.15, 0.2) is 5.78 Å². The van der Waals surface area contributed by atoms with Crippen LogP contribution in [0.15, 0.2) is 42.2 Å². The van der Waals surface area contributed by atoms with E-state index < -0.39 is 5.41 Å². The molecule has 2 rings (SSSR count). The highest BCUT2D eigenvalue weighted by Gasteiger charge is 2.32. The fourth-order valence-corrected chi connectivity index (χ4v) is 2.46. The Kier molecular flexibility index (Phi) is 4.24. The van der Waals surface area contributed by atoms with E-state index in [4.69, 9.17) is 10.00 Å². The Morgan fingerprint density at radius 1 is 1.30 bits per heavy atom. The number of hydrogen-bond acceptors (Lipinski definition) is 3. The van der Waals surface area contributed by atoms with E-state index >= 15 is 0 Å². The highest BCUT2D eigenvalue weighted by Crippen LogP contribution is 2.33. The highest BCUT2D eigenvalue weighted by molar-refractivity contribution is 6.02. The third-order valence-corrected chi connectivity index (χ3v) is 3.87. The number of ketones is 1. The van der Waals surface area contributed by atoms with Gasteiger partial charge in [0.1, 0.15) is 17.9 Å². The lowest BCUT2D eigenvalue weighted by molar-refractivity contribution is -0.123. The molecule has 20 heavy (non-hydrogen) atoms. The van der Waals surface area contributed by atoms with E-state index in [-0.39, 0.29) is 17.3 Å². The molecule has 0 spiro atoms.